The normalized spacial score (nSPS) is 11.4. The van der Waals surface area contributed by atoms with E-state index in [9.17, 15) is 0 Å². The third kappa shape index (κ3) is 2.18. The highest BCUT2D eigenvalue weighted by molar-refractivity contribution is 5.86. The largest absolute Gasteiger partial charge is 0.326 e. The van der Waals surface area contributed by atoms with Crippen molar-refractivity contribution in [3.05, 3.63) is 41.1 Å². The van der Waals surface area contributed by atoms with Crippen molar-refractivity contribution in [2.24, 2.45) is 5.73 Å². The second-order valence-corrected chi connectivity index (χ2v) is 4.76. The molecule has 0 radical (unpaired) electrons. The topological polar surface area (TPSA) is 38.9 Å². The first kappa shape index (κ1) is 12.1. The highest BCUT2D eigenvalue weighted by Crippen LogP contribution is 2.27. The zero-order valence-electron chi connectivity index (χ0n) is 10.8. The number of nitrogens with zero attached hydrogens (tertiary/aromatic N) is 1. The molecule has 1 heterocycles. The van der Waals surface area contributed by atoms with Crippen LogP contribution in [0.3, 0.4) is 0 Å². The fraction of sp³-hybridized carbons (Fsp3) is 0.400. The number of rotatable bonds is 3. The van der Waals surface area contributed by atoms with Crippen molar-refractivity contribution in [2.45, 2.75) is 39.7 Å². The summed E-state index contributed by atoms with van der Waals surface area (Å²) in [4.78, 5) is 4.49. The molecule has 2 nitrogen and oxygen atoms in total. The Labute approximate surface area is 103 Å². The van der Waals surface area contributed by atoms with Crippen LogP contribution in [0, 0.1) is 0 Å². The number of hydrogen-bond acceptors (Lipinski definition) is 2. The monoisotopic (exact) mass is 228 g/mol. The molecule has 0 unspecified atom stereocenters. The van der Waals surface area contributed by atoms with Crippen LogP contribution in [0.4, 0.5) is 0 Å². The fourth-order valence-electron chi connectivity index (χ4n) is 2.28. The van der Waals surface area contributed by atoms with Crippen LogP contribution in [-0.4, -0.2) is 4.98 Å². The van der Waals surface area contributed by atoms with E-state index in [1.807, 2.05) is 6.20 Å². The molecule has 2 N–H and O–H groups in total. The zero-order chi connectivity index (χ0) is 12.4. The lowest BCUT2D eigenvalue weighted by Crippen LogP contribution is -2.02. The van der Waals surface area contributed by atoms with Crippen LogP contribution >= 0.6 is 0 Å². The summed E-state index contributed by atoms with van der Waals surface area (Å²) in [6, 6.07) is 6.56. The van der Waals surface area contributed by atoms with Crippen LogP contribution in [0.5, 0.6) is 0 Å². The van der Waals surface area contributed by atoms with Gasteiger partial charge in [-0.05, 0) is 41.2 Å². The second kappa shape index (κ2) is 4.84. The van der Waals surface area contributed by atoms with Gasteiger partial charge >= 0.3 is 0 Å². The number of nitrogens with two attached hydrogens (primary N) is 1. The summed E-state index contributed by atoms with van der Waals surface area (Å²) >= 11 is 0. The molecular weight excluding hydrogens is 208 g/mol. The van der Waals surface area contributed by atoms with Gasteiger partial charge in [-0.3, -0.25) is 4.98 Å². The summed E-state index contributed by atoms with van der Waals surface area (Å²) in [6.45, 7) is 7.16. The highest BCUT2D eigenvalue weighted by Gasteiger charge is 2.09. The molecule has 1 aromatic carbocycles. The van der Waals surface area contributed by atoms with Crippen LogP contribution in [-0.2, 0) is 13.0 Å². The molecule has 0 aliphatic carbocycles. The standard InChI is InChI=1S/C15H20N2/c1-4-11-7-12(9-16)15-14(8-11)13(10(2)3)5-6-17-15/h5-8,10H,4,9,16H2,1-3H3. The summed E-state index contributed by atoms with van der Waals surface area (Å²) in [5.74, 6) is 0.512. The van der Waals surface area contributed by atoms with Crippen LogP contribution < -0.4 is 5.73 Å². The lowest BCUT2D eigenvalue weighted by Gasteiger charge is -2.13. The van der Waals surface area contributed by atoms with Crippen molar-refractivity contribution >= 4 is 10.9 Å². The molecule has 1 aromatic heterocycles. The molecule has 0 spiro atoms. The minimum atomic E-state index is 0.512. The number of fused-ring (bicyclic) bond motifs is 1. The van der Waals surface area contributed by atoms with Gasteiger partial charge in [-0.1, -0.05) is 26.8 Å². The van der Waals surface area contributed by atoms with E-state index in [1.165, 1.54) is 16.5 Å². The average Bonchev–Trinajstić information content (AvgIpc) is 2.36. The molecule has 0 amide bonds. The summed E-state index contributed by atoms with van der Waals surface area (Å²) < 4.78 is 0. The number of aromatic nitrogens is 1. The van der Waals surface area contributed by atoms with Gasteiger partial charge in [-0.25, -0.2) is 0 Å². The van der Waals surface area contributed by atoms with Gasteiger partial charge in [0.2, 0.25) is 0 Å². The van der Waals surface area contributed by atoms with E-state index in [-0.39, 0.29) is 0 Å². The lowest BCUT2D eigenvalue weighted by molar-refractivity contribution is 0.873. The Morgan fingerprint density at radius 1 is 1.29 bits per heavy atom. The van der Waals surface area contributed by atoms with Gasteiger partial charge in [0.05, 0.1) is 5.52 Å². The Hall–Kier alpha value is -1.41. The second-order valence-electron chi connectivity index (χ2n) is 4.76. The number of hydrogen-bond donors (Lipinski definition) is 1. The number of pyridine rings is 1. The minimum Gasteiger partial charge on any atom is -0.326 e. The van der Waals surface area contributed by atoms with Crippen molar-refractivity contribution in [1.29, 1.82) is 0 Å². The Kier molecular flexibility index (Phi) is 3.43. The lowest BCUT2D eigenvalue weighted by atomic mass is 9.95. The van der Waals surface area contributed by atoms with E-state index in [0.717, 1.165) is 17.5 Å². The maximum atomic E-state index is 5.83. The Morgan fingerprint density at radius 3 is 2.65 bits per heavy atom. The molecule has 2 rings (SSSR count). The summed E-state index contributed by atoms with van der Waals surface area (Å²) in [5.41, 5.74) is 10.7. The molecule has 2 heteroatoms. The van der Waals surface area contributed by atoms with Gasteiger partial charge in [0.15, 0.2) is 0 Å². The quantitative estimate of drug-likeness (QED) is 0.874. The van der Waals surface area contributed by atoms with E-state index in [2.05, 4.69) is 44.0 Å². The Morgan fingerprint density at radius 2 is 2.06 bits per heavy atom. The molecular formula is C15H20N2. The third-order valence-corrected chi connectivity index (χ3v) is 3.27. The smallest absolute Gasteiger partial charge is 0.0749 e. The first-order chi connectivity index (χ1) is 8.17. The van der Waals surface area contributed by atoms with Gasteiger partial charge in [0.25, 0.3) is 0 Å². The zero-order valence-corrected chi connectivity index (χ0v) is 10.8. The average molecular weight is 228 g/mol. The first-order valence-corrected chi connectivity index (χ1v) is 6.27. The van der Waals surface area contributed by atoms with Crippen LogP contribution in [0.25, 0.3) is 10.9 Å². The molecule has 0 saturated carbocycles. The SMILES string of the molecule is CCc1cc(CN)c2nccc(C(C)C)c2c1. The summed E-state index contributed by atoms with van der Waals surface area (Å²) in [6.07, 6.45) is 2.93. The maximum absolute atomic E-state index is 5.83. The molecule has 0 bridgehead atoms. The van der Waals surface area contributed by atoms with Crippen LogP contribution in [0.2, 0.25) is 0 Å². The number of aryl methyl sites for hydroxylation is 1. The third-order valence-electron chi connectivity index (χ3n) is 3.27. The first-order valence-electron chi connectivity index (χ1n) is 6.27. The van der Waals surface area contributed by atoms with Gasteiger partial charge in [0.1, 0.15) is 0 Å². The predicted molar refractivity (Wildman–Crippen MR) is 73.1 cm³/mol. The predicted octanol–water partition coefficient (Wildman–Crippen LogP) is 3.38. The van der Waals surface area contributed by atoms with E-state index in [1.54, 1.807) is 0 Å². The van der Waals surface area contributed by atoms with Crippen molar-refractivity contribution in [2.75, 3.05) is 0 Å². The molecule has 0 fully saturated rings. The molecule has 0 aliphatic rings. The van der Waals surface area contributed by atoms with E-state index in [4.69, 9.17) is 5.73 Å². The molecule has 90 valence electrons. The summed E-state index contributed by atoms with van der Waals surface area (Å²) in [5, 5.41) is 1.27. The summed E-state index contributed by atoms with van der Waals surface area (Å²) in [7, 11) is 0. The number of benzene rings is 1. The molecule has 0 saturated heterocycles. The van der Waals surface area contributed by atoms with Crippen LogP contribution in [0.15, 0.2) is 24.4 Å². The van der Waals surface area contributed by atoms with Crippen molar-refractivity contribution in [1.82, 2.24) is 4.98 Å². The maximum Gasteiger partial charge on any atom is 0.0749 e. The Bertz CT molecular complexity index is 530. The molecule has 0 atom stereocenters. The minimum absolute atomic E-state index is 0.512. The van der Waals surface area contributed by atoms with E-state index in [0.29, 0.717) is 12.5 Å². The van der Waals surface area contributed by atoms with Gasteiger partial charge in [0, 0.05) is 18.1 Å². The Balaban J connectivity index is 2.79. The molecule has 17 heavy (non-hydrogen) atoms. The van der Waals surface area contributed by atoms with E-state index >= 15 is 0 Å². The van der Waals surface area contributed by atoms with Crippen molar-refractivity contribution < 1.29 is 0 Å². The highest BCUT2D eigenvalue weighted by atomic mass is 14.7. The molecule has 2 aromatic rings. The molecule has 0 aliphatic heterocycles. The van der Waals surface area contributed by atoms with Gasteiger partial charge in [-0.2, -0.15) is 0 Å². The van der Waals surface area contributed by atoms with Crippen molar-refractivity contribution in [3.8, 4) is 0 Å². The van der Waals surface area contributed by atoms with Gasteiger partial charge in [-0.15, -0.1) is 0 Å². The van der Waals surface area contributed by atoms with Gasteiger partial charge < -0.3 is 5.73 Å². The van der Waals surface area contributed by atoms with Crippen LogP contribution in [0.1, 0.15) is 43.4 Å². The van der Waals surface area contributed by atoms with Crippen molar-refractivity contribution in [3.63, 3.8) is 0 Å². The van der Waals surface area contributed by atoms with E-state index < -0.39 is 0 Å². The fourth-order valence-corrected chi connectivity index (χ4v) is 2.28.